The van der Waals surface area contributed by atoms with Gasteiger partial charge in [-0.1, -0.05) is 194 Å². The minimum atomic E-state index is 0.222. The summed E-state index contributed by atoms with van der Waals surface area (Å²) in [6.45, 7) is 0. The van der Waals surface area contributed by atoms with Crippen molar-refractivity contribution in [2.45, 2.75) is 0 Å². The number of aromatic nitrogens is 6. The van der Waals surface area contributed by atoms with E-state index in [1.165, 1.54) is 135 Å². The first-order valence-electron chi connectivity index (χ1n) is 33.3. The SMILES string of the molecule is Clc1nc(-c2ccc3sc4ccccc4c3c2)c2oc3ccccc3c2n1.c1ccc2c(c1)[nH]c1c3ccccc3c3sc4ccccc4c3c21.c1ccc2c(c1)oc1c(-c3ccc4sc5ccccc5c4c3)nc(-n3c4ccccc4c4c5c6ccccc6sc5c5ccccc5c43)nc12. The second kappa shape index (κ2) is 22.1. The number of thiophene rings is 4. The number of hydrogen-bond donors (Lipinski definition) is 1. The first kappa shape index (κ1) is 57.1. The molecule has 24 aromatic rings. The smallest absolute Gasteiger partial charge is 0.236 e. The van der Waals surface area contributed by atoms with Crippen LogP contribution in [0.25, 0.3) is 218 Å². The molecule has 8 nitrogen and oxygen atoms in total. The molecule has 0 spiro atoms. The molecule has 0 bridgehead atoms. The van der Waals surface area contributed by atoms with Crippen LogP contribution in [0.2, 0.25) is 5.28 Å². The molecule has 101 heavy (non-hydrogen) atoms. The molecular formula is C88H47ClN6O2S4. The third-order valence-electron chi connectivity index (χ3n) is 20.0. The Kier molecular flexibility index (Phi) is 12.5. The van der Waals surface area contributed by atoms with Crippen molar-refractivity contribution in [3.63, 3.8) is 0 Å². The Morgan fingerprint density at radius 3 is 1.34 bits per heavy atom. The topological polar surface area (TPSA) is 98.6 Å². The van der Waals surface area contributed by atoms with Crippen molar-refractivity contribution < 1.29 is 8.83 Å². The number of fused-ring (bicyclic) bond motifs is 32. The normalized spacial score (nSPS) is 12.2. The average molecular weight is 1380 g/mol. The number of benzene rings is 14. The first-order chi connectivity index (χ1) is 50.0. The van der Waals surface area contributed by atoms with Gasteiger partial charge < -0.3 is 13.8 Å². The average Bonchev–Trinajstić information content (AvgIpc) is 1.54. The van der Waals surface area contributed by atoms with Gasteiger partial charge in [0.25, 0.3) is 0 Å². The van der Waals surface area contributed by atoms with Gasteiger partial charge in [0.1, 0.15) is 33.6 Å². The number of para-hydroxylation sites is 4. The summed E-state index contributed by atoms with van der Waals surface area (Å²) in [5.74, 6) is 0.629. The van der Waals surface area contributed by atoms with E-state index in [0.29, 0.717) is 17.1 Å². The van der Waals surface area contributed by atoms with Crippen molar-refractivity contribution in [1.29, 1.82) is 0 Å². The second-order valence-corrected chi connectivity index (χ2v) is 30.2. The van der Waals surface area contributed by atoms with Crippen molar-refractivity contribution in [1.82, 2.24) is 29.5 Å². The molecule has 0 fully saturated rings. The molecule has 0 saturated carbocycles. The van der Waals surface area contributed by atoms with E-state index in [0.717, 1.165) is 66.5 Å². The Morgan fingerprint density at radius 1 is 0.317 bits per heavy atom. The minimum absolute atomic E-state index is 0.222. The van der Waals surface area contributed by atoms with Gasteiger partial charge in [-0.25, -0.2) is 19.9 Å². The maximum atomic E-state index is 6.60. The zero-order valence-corrected chi connectivity index (χ0v) is 57.1. The highest BCUT2D eigenvalue weighted by Crippen LogP contribution is 2.50. The summed E-state index contributed by atoms with van der Waals surface area (Å²) in [5.41, 5.74) is 12.7. The zero-order valence-electron chi connectivity index (χ0n) is 53.1. The quantitative estimate of drug-likeness (QED) is 0.177. The number of H-pyrrole nitrogens is 1. The molecule has 0 aliphatic heterocycles. The third-order valence-corrected chi connectivity index (χ3v) is 24.9. The highest BCUT2D eigenvalue weighted by molar-refractivity contribution is 7.28. The van der Waals surface area contributed by atoms with Gasteiger partial charge in [-0.05, 0) is 96.5 Å². The lowest BCUT2D eigenvalue weighted by Gasteiger charge is -2.11. The molecule has 0 saturated heterocycles. The maximum absolute atomic E-state index is 6.60. The lowest BCUT2D eigenvalue weighted by Crippen LogP contribution is -2.03. The number of rotatable bonds is 3. The summed E-state index contributed by atoms with van der Waals surface area (Å²) in [6.07, 6.45) is 0. The van der Waals surface area contributed by atoms with Crippen LogP contribution < -0.4 is 0 Å². The molecule has 0 atom stereocenters. The molecule has 472 valence electrons. The monoisotopic (exact) mass is 1380 g/mol. The fourth-order valence-electron chi connectivity index (χ4n) is 15.7. The van der Waals surface area contributed by atoms with Crippen LogP contribution in [0.4, 0.5) is 0 Å². The van der Waals surface area contributed by atoms with Gasteiger partial charge in [-0.15, -0.1) is 45.3 Å². The van der Waals surface area contributed by atoms with Gasteiger partial charge in [0.05, 0.1) is 16.6 Å². The predicted molar refractivity (Wildman–Crippen MR) is 431 cm³/mol. The number of furan rings is 2. The molecule has 1 N–H and O–H groups in total. The predicted octanol–water partition coefficient (Wildman–Crippen LogP) is 26.9. The number of nitrogens with one attached hydrogen (secondary N) is 1. The van der Waals surface area contributed by atoms with Crippen molar-refractivity contribution >= 4 is 247 Å². The Labute approximate surface area is 593 Å². The van der Waals surface area contributed by atoms with Crippen molar-refractivity contribution in [3.8, 4) is 28.5 Å². The summed E-state index contributed by atoms with van der Waals surface area (Å²) in [6, 6.07) is 98.6. The minimum Gasteiger partial charge on any atom is -0.452 e. The van der Waals surface area contributed by atoms with Crippen molar-refractivity contribution in [2.24, 2.45) is 0 Å². The molecule has 14 aromatic carbocycles. The van der Waals surface area contributed by atoms with Crippen LogP contribution >= 0.6 is 56.9 Å². The Bertz CT molecular complexity index is 7550. The second-order valence-electron chi connectivity index (χ2n) is 25.6. The van der Waals surface area contributed by atoms with E-state index in [2.05, 4.69) is 262 Å². The van der Waals surface area contributed by atoms with E-state index < -0.39 is 0 Å². The van der Waals surface area contributed by atoms with Crippen LogP contribution in [0.1, 0.15) is 0 Å². The van der Waals surface area contributed by atoms with E-state index in [4.69, 9.17) is 30.4 Å². The zero-order chi connectivity index (χ0) is 66.1. The lowest BCUT2D eigenvalue weighted by atomic mass is 10.00. The molecule has 0 aliphatic carbocycles. The standard InChI is InChI=1S/C44H23N3OS2.C22H11ClN2OS.C22H13NS/c1-2-13-27-26(12-1)41-37(38-30-16-6-10-20-35(30)50-43(27)38)28-14-3-7-17-32(28)47(41)44-45-39(42-40(46-44)29-15-4-8-18-33(29)48-42)24-21-22-36-31(23-24)25-11-5-9-19-34(25)49-36;23-22-24-19(21-20(25-22)14-6-1-3-7-16(14)26-21)12-9-10-18-15(11-12)13-5-2-4-8-17(13)27-18;1-2-8-14-13(7-1)21-19(15-9-3-5-11-17(15)23-21)20-16-10-4-6-12-18(16)24-22(14)20/h1-23H;1-11H;1-12,23H. The molecule has 10 heterocycles. The van der Waals surface area contributed by atoms with Crippen molar-refractivity contribution in [2.75, 3.05) is 0 Å². The van der Waals surface area contributed by atoms with Crippen LogP contribution in [0.15, 0.2) is 288 Å². The van der Waals surface area contributed by atoms with Crippen LogP contribution in [0.5, 0.6) is 0 Å². The van der Waals surface area contributed by atoms with Gasteiger partial charge in [0.15, 0.2) is 11.2 Å². The first-order valence-corrected chi connectivity index (χ1v) is 37.0. The maximum Gasteiger partial charge on any atom is 0.236 e. The van der Waals surface area contributed by atoms with E-state index >= 15 is 0 Å². The third kappa shape index (κ3) is 8.57. The fraction of sp³-hybridized carbons (Fsp3) is 0. The highest BCUT2D eigenvalue weighted by Gasteiger charge is 2.27. The van der Waals surface area contributed by atoms with E-state index in [9.17, 15) is 0 Å². The van der Waals surface area contributed by atoms with Gasteiger partial charge >= 0.3 is 0 Å². The van der Waals surface area contributed by atoms with Gasteiger partial charge in [0.2, 0.25) is 11.2 Å². The summed E-state index contributed by atoms with van der Waals surface area (Å²) >= 11 is 13.7. The largest absolute Gasteiger partial charge is 0.452 e. The van der Waals surface area contributed by atoms with Crippen molar-refractivity contribution in [3.05, 3.63) is 284 Å². The van der Waals surface area contributed by atoms with Crippen LogP contribution in [0, 0.1) is 0 Å². The number of hydrogen-bond acceptors (Lipinski definition) is 10. The number of halogens is 1. The number of nitrogens with zero attached hydrogens (tertiary/aromatic N) is 5. The van der Waals surface area contributed by atoms with E-state index in [-0.39, 0.29) is 5.28 Å². The molecule has 0 radical (unpaired) electrons. The van der Waals surface area contributed by atoms with Crippen LogP contribution in [0.3, 0.4) is 0 Å². The highest BCUT2D eigenvalue weighted by atomic mass is 35.5. The van der Waals surface area contributed by atoms with Gasteiger partial charge in [-0.2, -0.15) is 0 Å². The Hall–Kier alpha value is -11.9. The molecule has 0 amide bonds. The summed E-state index contributed by atoms with van der Waals surface area (Å²) in [7, 11) is 0. The Balaban J connectivity index is 0.000000106. The molecule has 24 rings (SSSR count). The summed E-state index contributed by atoms with van der Waals surface area (Å²) in [5, 5.41) is 22.6. The summed E-state index contributed by atoms with van der Waals surface area (Å²) in [4.78, 5) is 23.5. The molecular weight excluding hydrogens is 1340 g/mol. The lowest BCUT2D eigenvalue weighted by molar-refractivity contribution is 0.666. The van der Waals surface area contributed by atoms with E-state index in [1.54, 1.807) is 11.3 Å². The van der Waals surface area contributed by atoms with Crippen LogP contribution in [-0.2, 0) is 0 Å². The fourth-order valence-corrected chi connectivity index (χ4v) is 20.5. The molecule has 13 heteroatoms. The van der Waals surface area contributed by atoms with Gasteiger partial charge in [-0.3, -0.25) is 4.57 Å². The van der Waals surface area contributed by atoms with Gasteiger partial charge in [0, 0.05) is 151 Å². The Morgan fingerprint density at radius 2 is 0.743 bits per heavy atom. The number of aromatic amines is 1. The molecule has 0 aliphatic rings. The van der Waals surface area contributed by atoms with E-state index in [1.807, 2.05) is 70.4 Å². The molecule has 10 aromatic heterocycles. The summed E-state index contributed by atoms with van der Waals surface area (Å²) < 4.78 is 25.4. The molecule has 0 unspecified atom stereocenters. The van der Waals surface area contributed by atoms with Crippen LogP contribution in [-0.4, -0.2) is 29.5 Å².